The van der Waals surface area contributed by atoms with Gasteiger partial charge < -0.3 is 15.6 Å². The first-order chi connectivity index (χ1) is 13.7. The Morgan fingerprint density at radius 1 is 1.18 bits per heavy atom. The first kappa shape index (κ1) is 16.7. The highest BCUT2D eigenvalue weighted by molar-refractivity contribution is 5.79. The molecular formula is C19H19FN8. The van der Waals surface area contributed by atoms with Crippen molar-refractivity contribution in [3.8, 4) is 0 Å². The molecule has 4 N–H and O–H groups in total. The van der Waals surface area contributed by atoms with E-state index in [2.05, 4.69) is 40.8 Å². The molecule has 8 nitrogen and oxygen atoms in total. The molecule has 1 atom stereocenters. The number of nitrogens with one attached hydrogen (secondary N) is 4. The molecule has 0 aliphatic heterocycles. The monoisotopic (exact) mass is 378 g/mol. The molecule has 0 amide bonds. The Bertz CT molecular complexity index is 1130. The fraction of sp³-hybridized carbons (Fsp3) is 0.263. The van der Waals surface area contributed by atoms with Crippen LogP contribution in [-0.2, 0) is 0 Å². The summed E-state index contributed by atoms with van der Waals surface area (Å²) in [6.07, 6.45) is 5.64. The van der Waals surface area contributed by atoms with Crippen LogP contribution in [0.1, 0.15) is 43.0 Å². The summed E-state index contributed by atoms with van der Waals surface area (Å²) in [5.41, 5.74) is 3.27. The van der Waals surface area contributed by atoms with Crippen molar-refractivity contribution in [3.05, 3.63) is 53.9 Å². The van der Waals surface area contributed by atoms with Gasteiger partial charge in [0.15, 0.2) is 5.82 Å². The Morgan fingerprint density at radius 3 is 2.93 bits per heavy atom. The largest absolute Gasteiger partial charge is 0.348 e. The number of halogens is 1. The third kappa shape index (κ3) is 3.26. The lowest BCUT2D eigenvalue weighted by molar-refractivity contribution is 0.625. The van der Waals surface area contributed by atoms with Crippen molar-refractivity contribution < 1.29 is 4.39 Å². The second kappa shape index (κ2) is 6.59. The summed E-state index contributed by atoms with van der Waals surface area (Å²) in [7, 11) is 0. The summed E-state index contributed by atoms with van der Waals surface area (Å²) in [6.45, 7) is 1.92. The lowest BCUT2D eigenvalue weighted by atomic mass is 10.1. The van der Waals surface area contributed by atoms with Crippen LogP contribution < -0.4 is 10.6 Å². The predicted octanol–water partition coefficient (Wildman–Crippen LogP) is 4.01. The first-order valence-electron chi connectivity index (χ1n) is 9.20. The van der Waals surface area contributed by atoms with Crippen molar-refractivity contribution in [2.24, 2.45) is 0 Å². The van der Waals surface area contributed by atoms with E-state index in [9.17, 15) is 4.39 Å². The number of H-pyrrole nitrogens is 2. The van der Waals surface area contributed by atoms with Crippen molar-refractivity contribution in [1.82, 2.24) is 30.1 Å². The number of fused-ring (bicyclic) bond motifs is 1. The van der Waals surface area contributed by atoms with E-state index < -0.39 is 0 Å². The van der Waals surface area contributed by atoms with Crippen LogP contribution in [-0.4, -0.2) is 30.1 Å². The van der Waals surface area contributed by atoms with Crippen LogP contribution in [0.15, 0.2) is 36.8 Å². The number of imidazole rings is 1. The average Bonchev–Trinajstić information content (AvgIpc) is 3.24. The zero-order chi connectivity index (χ0) is 19.1. The summed E-state index contributed by atoms with van der Waals surface area (Å²) in [5, 5.41) is 13.7. The first-order valence-corrected chi connectivity index (χ1v) is 9.20. The predicted molar refractivity (Wildman–Crippen MR) is 104 cm³/mol. The van der Waals surface area contributed by atoms with Gasteiger partial charge in [-0.05, 0) is 38.0 Å². The number of hydrogen-bond acceptors (Lipinski definition) is 6. The van der Waals surface area contributed by atoms with E-state index in [-0.39, 0.29) is 11.9 Å². The molecule has 1 aliphatic carbocycles. The summed E-state index contributed by atoms with van der Waals surface area (Å²) >= 11 is 0. The molecule has 1 aliphatic rings. The van der Waals surface area contributed by atoms with E-state index in [1.807, 2.05) is 13.0 Å². The fourth-order valence-corrected chi connectivity index (χ4v) is 3.28. The maximum atomic E-state index is 13.9. The summed E-state index contributed by atoms with van der Waals surface area (Å²) in [5.74, 6) is 2.08. The standard InChI is InChI=1S/C19H19FN8/c1-10(13-6-12(20)7-15-18(13)23-9-22-15)24-19-21-5-4-16(26-19)25-17-8-14(27-28-17)11-2-3-11/h4-11H,2-3H2,1H3,(H,22,23)(H3,21,24,25,26,27,28)/t10-/m0/s1. The number of benzene rings is 1. The van der Waals surface area contributed by atoms with E-state index in [0.29, 0.717) is 23.2 Å². The molecule has 1 fully saturated rings. The van der Waals surface area contributed by atoms with Crippen LogP contribution in [0.25, 0.3) is 11.0 Å². The van der Waals surface area contributed by atoms with Crippen molar-refractivity contribution in [2.45, 2.75) is 31.7 Å². The van der Waals surface area contributed by atoms with Gasteiger partial charge in [-0.2, -0.15) is 10.1 Å². The van der Waals surface area contributed by atoms with Crippen molar-refractivity contribution in [2.75, 3.05) is 10.6 Å². The van der Waals surface area contributed by atoms with Gasteiger partial charge >= 0.3 is 0 Å². The highest BCUT2D eigenvalue weighted by Gasteiger charge is 2.25. The average molecular weight is 378 g/mol. The minimum atomic E-state index is -0.318. The van der Waals surface area contributed by atoms with Crippen LogP contribution in [0.2, 0.25) is 0 Å². The van der Waals surface area contributed by atoms with E-state index in [0.717, 1.165) is 22.6 Å². The van der Waals surface area contributed by atoms with Crippen LogP contribution in [0, 0.1) is 5.82 Å². The molecule has 0 radical (unpaired) electrons. The highest BCUT2D eigenvalue weighted by atomic mass is 19.1. The second-order valence-corrected chi connectivity index (χ2v) is 7.03. The van der Waals surface area contributed by atoms with Crippen LogP contribution >= 0.6 is 0 Å². The molecule has 5 rings (SSSR count). The molecule has 0 spiro atoms. The Kier molecular flexibility index (Phi) is 3.92. The Hall–Kier alpha value is -3.49. The normalized spacial score (nSPS) is 14.9. The molecule has 3 heterocycles. The third-order valence-electron chi connectivity index (χ3n) is 4.86. The minimum absolute atomic E-state index is 0.233. The van der Waals surface area contributed by atoms with Crippen LogP contribution in [0.3, 0.4) is 0 Å². The van der Waals surface area contributed by atoms with Gasteiger partial charge in [0.1, 0.15) is 11.6 Å². The SMILES string of the molecule is C[C@H](Nc1nccc(Nc2cc(C3CC3)[nH]n2)n1)c1cc(F)cc2[nH]cnc12. The molecule has 0 unspecified atom stereocenters. The zero-order valence-electron chi connectivity index (χ0n) is 15.2. The van der Waals surface area contributed by atoms with Gasteiger partial charge in [-0.3, -0.25) is 5.10 Å². The smallest absolute Gasteiger partial charge is 0.225 e. The quantitative estimate of drug-likeness (QED) is 0.404. The molecular weight excluding hydrogens is 359 g/mol. The van der Waals surface area contributed by atoms with Gasteiger partial charge in [0.05, 0.1) is 23.4 Å². The fourth-order valence-electron chi connectivity index (χ4n) is 3.28. The molecule has 142 valence electrons. The molecule has 1 aromatic carbocycles. The molecule has 1 saturated carbocycles. The minimum Gasteiger partial charge on any atom is -0.348 e. The van der Waals surface area contributed by atoms with Gasteiger partial charge in [-0.1, -0.05) is 0 Å². The molecule has 28 heavy (non-hydrogen) atoms. The summed E-state index contributed by atoms with van der Waals surface area (Å²) < 4.78 is 13.9. The van der Waals surface area contributed by atoms with E-state index in [1.165, 1.54) is 25.0 Å². The van der Waals surface area contributed by atoms with E-state index >= 15 is 0 Å². The Morgan fingerprint density at radius 2 is 2.07 bits per heavy atom. The van der Waals surface area contributed by atoms with E-state index in [4.69, 9.17) is 0 Å². The van der Waals surface area contributed by atoms with Crippen LogP contribution in [0.4, 0.5) is 22.0 Å². The molecule has 3 aromatic heterocycles. The van der Waals surface area contributed by atoms with Crippen molar-refractivity contribution in [1.29, 1.82) is 0 Å². The third-order valence-corrected chi connectivity index (χ3v) is 4.86. The summed E-state index contributed by atoms with van der Waals surface area (Å²) in [4.78, 5) is 16.0. The van der Waals surface area contributed by atoms with Crippen molar-refractivity contribution >= 4 is 28.6 Å². The van der Waals surface area contributed by atoms with E-state index in [1.54, 1.807) is 18.6 Å². The number of aromatic nitrogens is 6. The topological polar surface area (TPSA) is 107 Å². The number of nitrogens with zero attached hydrogens (tertiary/aromatic N) is 4. The van der Waals surface area contributed by atoms with Crippen molar-refractivity contribution in [3.63, 3.8) is 0 Å². The maximum Gasteiger partial charge on any atom is 0.225 e. The van der Waals surface area contributed by atoms with Gasteiger partial charge in [0.25, 0.3) is 0 Å². The Balaban J connectivity index is 1.34. The molecule has 0 bridgehead atoms. The number of hydrogen-bond donors (Lipinski definition) is 4. The van der Waals surface area contributed by atoms with Crippen LogP contribution in [0.5, 0.6) is 0 Å². The molecule has 0 saturated heterocycles. The second-order valence-electron chi connectivity index (χ2n) is 7.03. The van der Waals surface area contributed by atoms with Gasteiger partial charge in [-0.15, -0.1) is 0 Å². The molecule has 4 aromatic rings. The molecule has 9 heteroatoms. The Labute approximate surface area is 160 Å². The van der Waals surface area contributed by atoms with Gasteiger partial charge in [-0.25, -0.2) is 14.4 Å². The lowest BCUT2D eigenvalue weighted by Crippen LogP contribution is -2.11. The van der Waals surface area contributed by atoms with Gasteiger partial charge in [0, 0.05) is 29.4 Å². The maximum absolute atomic E-state index is 13.9. The number of anilines is 3. The van der Waals surface area contributed by atoms with Gasteiger partial charge in [0.2, 0.25) is 5.95 Å². The number of aromatic amines is 2. The zero-order valence-corrected chi connectivity index (χ0v) is 15.2. The summed E-state index contributed by atoms with van der Waals surface area (Å²) in [6, 6.07) is 6.46. The number of rotatable bonds is 6. The highest BCUT2D eigenvalue weighted by Crippen LogP contribution is 2.39. The lowest BCUT2D eigenvalue weighted by Gasteiger charge is -2.15.